The van der Waals surface area contributed by atoms with Crippen LogP contribution in [0.2, 0.25) is 0 Å². The predicted octanol–water partition coefficient (Wildman–Crippen LogP) is 4.77. The van der Waals surface area contributed by atoms with Crippen LogP contribution in [0.4, 0.5) is 5.69 Å². The maximum atomic E-state index is 11.4. The van der Waals surface area contributed by atoms with Gasteiger partial charge in [-0.25, -0.2) is 0 Å². The van der Waals surface area contributed by atoms with Crippen LogP contribution in [0, 0.1) is 5.92 Å². The lowest BCUT2D eigenvalue weighted by molar-refractivity contribution is -0.119. The van der Waals surface area contributed by atoms with E-state index in [2.05, 4.69) is 88.8 Å². The fourth-order valence-electron chi connectivity index (χ4n) is 4.45. The van der Waals surface area contributed by atoms with Gasteiger partial charge in [-0.1, -0.05) is 67.2 Å². The third kappa shape index (κ3) is 6.56. The highest BCUT2D eigenvalue weighted by molar-refractivity contribution is 5.77. The Balaban J connectivity index is 1.28. The van der Waals surface area contributed by atoms with Crippen LogP contribution in [0.1, 0.15) is 24.0 Å². The zero-order valence-corrected chi connectivity index (χ0v) is 19.7. The number of allylic oxidation sites excluding steroid dienone is 1. The lowest BCUT2D eigenvalue weighted by Gasteiger charge is -2.33. The first-order chi connectivity index (χ1) is 16.6. The zero-order chi connectivity index (χ0) is 23.8. The molecule has 1 aliphatic heterocycles. The van der Waals surface area contributed by atoms with Gasteiger partial charge in [-0.15, -0.1) is 0 Å². The van der Waals surface area contributed by atoms with Crippen LogP contribution in [0.5, 0.6) is 0 Å². The number of anilines is 1. The van der Waals surface area contributed by atoms with E-state index in [1.165, 1.54) is 5.56 Å². The second kappa shape index (κ2) is 11.6. The first kappa shape index (κ1) is 23.7. The molecule has 1 aliphatic rings. The van der Waals surface area contributed by atoms with Gasteiger partial charge < -0.3 is 16.4 Å². The number of carbonyl (C=O) groups excluding carboxylic acids is 1. The average Bonchev–Trinajstić information content (AvgIpc) is 2.89. The molecule has 0 spiro atoms. The van der Waals surface area contributed by atoms with Crippen molar-refractivity contribution in [1.82, 2.24) is 10.2 Å². The zero-order valence-electron chi connectivity index (χ0n) is 19.7. The van der Waals surface area contributed by atoms with Gasteiger partial charge in [-0.2, -0.15) is 0 Å². The highest BCUT2D eigenvalue weighted by Crippen LogP contribution is 2.27. The van der Waals surface area contributed by atoms with Gasteiger partial charge in [0.25, 0.3) is 0 Å². The van der Waals surface area contributed by atoms with Crippen molar-refractivity contribution in [2.75, 3.05) is 25.0 Å². The first-order valence-electron chi connectivity index (χ1n) is 12.0. The summed E-state index contributed by atoms with van der Waals surface area (Å²) < 4.78 is 0. The number of nitrogens with one attached hydrogen (secondary N) is 2. The number of nitrogens with two attached hydrogens (primary N) is 1. The molecule has 1 fully saturated rings. The van der Waals surface area contributed by atoms with Gasteiger partial charge in [0.1, 0.15) is 0 Å². The van der Waals surface area contributed by atoms with Crippen LogP contribution >= 0.6 is 0 Å². The number of benzene rings is 3. The van der Waals surface area contributed by atoms with E-state index in [0.29, 0.717) is 12.5 Å². The average molecular weight is 455 g/mol. The van der Waals surface area contributed by atoms with Crippen LogP contribution in [0.15, 0.2) is 91.1 Å². The van der Waals surface area contributed by atoms with Gasteiger partial charge in [-0.3, -0.25) is 9.69 Å². The topological polar surface area (TPSA) is 70.4 Å². The summed E-state index contributed by atoms with van der Waals surface area (Å²) in [6, 6.07) is 27.3. The SMILES string of the molecule is C=C(Nc1ccc(-c2cccc(CNC(=O)CN)c2)cc1)C1CCN(Cc2ccccc2)CC1. The quantitative estimate of drug-likeness (QED) is 0.436. The molecule has 176 valence electrons. The summed E-state index contributed by atoms with van der Waals surface area (Å²) in [6.07, 6.45) is 2.26. The number of hydrogen-bond acceptors (Lipinski definition) is 4. The van der Waals surface area contributed by atoms with Crippen LogP contribution in [0.3, 0.4) is 0 Å². The molecular formula is C29H34N4O. The highest BCUT2D eigenvalue weighted by Gasteiger charge is 2.21. The highest BCUT2D eigenvalue weighted by atomic mass is 16.1. The molecule has 3 aromatic carbocycles. The van der Waals surface area contributed by atoms with Crippen molar-refractivity contribution < 1.29 is 4.79 Å². The Kier molecular flexibility index (Phi) is 8.12. The molecule has 0 bridgehead atoms. The summed E-state index contributed by atoms with van der Waals surface area (Å²) >= 11 is 0. The normalized spacial score (nSPS) is 14.5. The van der Waals surface area contributed by atoms with Gasteiger partial charge in [0.05, 0.1) is 6.54 Å². The van der Waals surface area contributed by atoms with E-state index in [9.17, 15) is 4.79 Å². The third-order valence-electron chi connectivity index (χ3n) is 6.45. The summed E-state index contributed by atoms with van der Waals surface area (Å²) in [4.78, 5) is 13.9. The number of amides is 1. The first-order valence-corrected chi connectivity index (χ1v) is 12.0. The largest absolute Gasteiger partial charge is 0.359 e. The Morgan fingerprint density at radius 3 is 2.32 bits per heavy atom. The molecule has 5 heteroatoms. The molecule has 0 atom stereocenters. The Morgan fingerprint density at radius 2 is 1.62 bits per heavy atom. The Morgan fingerprint density at radius 1 is 0.912 bits per heavy atom. The van der Waals surface area contributed by atoms with Crippen LogP contribution in [-0.4, -0.2) is 30.4 Å². The minimum atomic E-state index is -0.150. The second-order valence-electron chi connectivity index (χ2n) is 8.94. The lowest BCUT2D eigenvalue weighted by Crippen LogP contribution is -2.34. The summed E-state index contributed by atoms with van der Waals surface area (Å²) in [5, 5.41) is 6.35. The maximum Gasteiger partial charge on any atom is 0.234 e. The Labute approximate surface area is 202 Å². The molecule has 0 unspecified atom stereocenters. The monoisotopic (exact) mass is 454 g/mol. The minimum absolute atomic E-state index is 0.00620. The smallest absolute Gasteiger partial charge is 0.234 e. The van der Waals surface area contributed by atoms with Crippen LogP contribution in [-0.2, 0) is 17.9 Å². The standard InChI is InChI=1S/C29H34N4O/c1-22(25-14-16-33(17-15-25)21-23-6-3-2-4-7-23)32-28-12-10-26(11-13-28)27-9-5-8-24(18-27)20-31-29(34)19-30/h2-13,18,25,32H,1,14-17,19-21,30H2,(H,31,34). The number of likely N-dealkylation sites (tertiary alicyclic amines) is 1. The Hall–Kier alpha value is -3.41. The fourth-order valence-corrected chi connectivity index (χ4v) is 4.45. The van der Waals surface area contributed by atoms with Gasteiger partial charge in [0, 0.05) is 30.4 Å². The van der Waals surface area contributed by atoms with Crippen molar-refractivity contribution in [3.05, 3.63) is 102 Å². The van der Waals surface area contributed by atoms with Crippen molar-refractivity contribution in [2.45, 2.75) is 25.9 Å². The van der Waals surface area contributed by atoms with E-state index in [4.69, 9.17) is 5.73 Å². The molecule has 4 rings (SSSR count). The maximum absolute atomic E-state index is 11.4. The molecule has 0 aliphatic carbocycles. The fraction of sp³-hybridized carbons (Fsp3) is 0.276. The van der Waals surface area contributed by atoms with Crippen molar-refractivity contribution in [1.29, 1.82) is 0 Å². The van der Waals surface area contributed by atoms with Gasteiger partial charge >= 0.3 is 0 Å². The predicted molar refractivity (Wildman–Crippen MR) is 140 cm³/mol. The van der Waals surface area contributed by atoms with E-state index in [-0.39, 0.29) is 12.5 Å². The van der Waals surface area contributed by atoms with Crippen molar-refractivity contribution in [3.63, 3.8) is 0 Å². The molecule has 3 aromatic rings. The Bertz CT molecular complexity index is 1090. The van der Waals surface area contributed by atoms with E-state index in [1.807, 2.05) is 12.1 Å². The molecule has 34 heavy (non-hydrogen) atoms. The molecule has 5 nitrogen and oxygen atoms in total. The van der Waals surface area contributed by atoms with E-state index < -0.39 is 0 Å². The van der Waals surface area contributed by atoms with Gasteiger partial charge in [0.2, 0.25) is 5.91 Å². The number of hydrogen-bond donors (Lipinski definition) is 3. The summed E-state index contributed by atoms with van der Waals surface area (Å²) in [6.45, 7) is 8.05. The molecule has 0 saturated carbocycles. The minimum Gasteiger partial charge on any atom is -0.359 e. The van der Waals surface area contributed by atoms with E-state index in [0.717, 1.165) is 60.6 Å². The van der Waals surface area contributed by atoms with Gasteiger partial charge in [-0.05, 0) is 66.4 Å². The van der Waals surface area contributed by atoms with Gasteiger partial charge in [0.15, 0.2) is 0 Å². The number of carbonyl (C=O) groups is 1. The second-order valence-corrected chi connectivity index (χ2v) is 8.94. The molecule has 1 saturated heterocycles. The van der Waals surface area contributed by atoms with Crippen molar-refractivity contribution in [2.24, 2.45) is 11.7 Å². The van der Waals surface area contributed by atoms with Crippen molar-refractivity contribution >= 4 is 11.6 Å². The molecular weight excluding hydrogens is 420 g/mol. The third-order valence-corrected chi connectivity index (χ3v) is 6.45. The molecule has 1 amide bonds. The number of rotatable bonds is 9. The molecule has 4 N–H and O–H groups in total. The van der Waals surface area contributed by atoms with E-state index >= 15 is 0 Å². The van der Waals surface area contributed by atoms with Crippen LogP contribution in [0.25, 0.3) is 11.1 Å². The lowest BCUT2D eigenvalue weighted by atomic mass is 9.93. The van der Waals surface area contributed by atoms with E-state index in [1.54, 1.807) is 0 Å². The van der Waals surface area contributed by atoms with Crippen molar-refractivity contribution in [3.8, 4) is 11.1 Å². The van der Waals surface area contributed by atoms with Crippen LogP contribution < -0.4 is 16.4 Å². The number of piperidine rings is 1. The molecule has 1 heterocycles. The summed E-state index contributed by atoms with van der Waals surface area (Å²) in [7, 11) is 0. The molecule has 0 radical (unpaired) electrons. The molecule has 0 aromatic heterocycles. The number of nitrogens with zero attached hydrogens (tertiary/aromatic N) is 1. The summed E-state index contributed by atoms with van der Waals surface area (Å²) in [5.41, 5.74) is 12.2. The summed E-state index contributed by atoms with van der Waals surface area (Å²) in [5.74, 6) is 0.343.